The fourth-order valence-corrected chi connectivity index (χ4v) is 5.12. The molecule has 6 aromatic rings. The molecule has 0 atom stereocenters. The summed E-state index contributed by atoms with van der Waals surface area (Å²) in [5.41, 5.74) is 6.06. The maximum absolute atomic E-state index is 13.7. The second-order valence-corrected chi connectivity index (χ2v) is 9.85. The number of aromatic amines is 2. The standard InChI is InChI=1S/C26H18FN7OS/c27-23-4-3-22(36-23)16-5-6-29-25-17(16)8-20(32-25)24-18-9-19(30-12-21(18)33-34-24)14-7-15(11-28-10-14)31-26(35)13-1-2-13/h3-13H,1-2H2,(H,29,32)(H,31,35)(H,33,34). The van der Waals surface area contributed by atoms with Gasteiger partial charge in [0.25, 0.3) is 0 Å². The second-order valence-electron chi connectivity index (χ2n) is 8.82. The number of rotatable bonds is 5. The summed E-state index contributed by atoms with van der Waals surface area (Å²) < 4.78 is 13.7. The van der Waals surface area contributed by atoms with Crippen molar-refractivity contribution in [3.05, 3.63) is 66.3 Å². The topological polar surface area (TPSA) is 112 Å². The zero-order valence-electron chi connectivity index (χ0n) is 18.7. The van der Waals surface area contributed by atoms with Crippen LogP contribution >= 0.6 is 11.3 Å². The molecule has 1 aliphatic carbocycles. The molecule has 6 aromatic heterocycles. The summed E-state index contributed by atoms with van der Waals surface area (Å²) in [5, 5.41) is 12.1. The van der Waals surface area contributed by atoms with Crippen LogP contribution in [-0.4, -0.2) is 36.0 Å². The maximum Gasteiger partial charge on any atom is 0.227 e. The van der Waals surface area contributed by atoms with Crippen molar-refractivity contribution >= 4 is 44.9 Å². The minimum atomic E-state index is -0.227. The Balaban J connectivity index is 1.28. The number of fused-ring (bicyclic) bond motifs is 2. The molecule has 8 nitrogen and oxygen atoms in total. The highest BCUT2D eigenvalue weighted by atomic mass is 32.1. The van der Waals surface area contributed by atoms with Crippen LogP contribution in [0.15, 0.2) is 61.2 Å². The Morgan fingerprint density at radius 3 is 2.81 bits per heavy atom. The Kier molecular flexibility index (Phi) is 4.68. The predicted molar refractivity (Wildman–Crippen MR) is 137 cm³/mol. The molecule has 1 fully saturated rings. The van der Waals surface area contributed by atoms with Crippen LogP contribution in [0.25, 0.3) is 55.0 Å². The summed E-state index contributed by atoms with van der Waals surface area (Å²) in [6.07, 6.45) is 8.69. The Morgan fingerprint density at radius 1 is 1.06 bits per heavy atom. The normalized spacial score (nSPS) is 13.5. The van der Waals surface area contributed by atoms with Crippen molar-refractivity contribution in [3.8, 4) is 33.1 Å². The van der Waals surface area contributed by atoms with Gasteiger partial charge in [-0.1, -0.05) is 0 Å². The van der Waals surface area contributed by atoms with Gasteiger partial charge in [0, 0.05) is 45.1 Å². The first-order chi connectivity index (χ1) is 17.6. The summed E-state index contributed by atoms with van der Waals surface area (Å²) in [7, 11) is 0. The third-order valence-electron chi connectivity index (χ3n) is 6.32. The average Bonchev–Trinajstić information content (AvgIpc) is 3.30. The van der Waals surface area contributed by atoms with Gasteiger partial charge in [0.15, 0.2) is 5.13 Å². The van der Waals surface area contributed by atoms with Gasteiger partial charge in [0.2, 0.25) is 5.91 Å². The van der Waals surface area contributed by atoms with E-state index in [1.807, 2.05) is 24.3 Å². The number of nitrogens with one attached hydrogen (secondary N) is 3. The smallest absolute Gasteiger partial charge is 0.227 e. The zero-order valence-corrected chi connectivity index (χ0v) is 19.6. The van der Waals surface area contributed by atoms with Gasteiger partial charge >= 0.3 is 0 Å². The van der Waals surface area contributed by atoms with Crippen LogP contribution in [-0.2, 0) is 4.79 Å². The third kappa shape index (κ3) is 3.62. The van der Waals surface area contributed by atoms with E-state index in [9.17, 15) is 9.18 Å². The first-order valence-electron chi connectivity index (χ1n) is 11.5. The third-order valence-corrected chi connectivity index (χ3v) is 7.23. The number of hydrogen-bond acceptors (Lipinski definition) is 6. The molecule has 6 heterocycles. The number of thiophene rings is 1. The summed E-state index contributed by atoms with van der Waals surface area (Å²) in [6.45, 7) is 0. The Morgan fingerprint density at radius 2 is 1.97 bits per heavy atom. The van der Waals surface area contributed by atoms with E-state index in [-0.39, 0.29) is 17.0 Å². The maximum atomic E-state index is 13.7. The van der Waals surface area contributed by atoms with Crippen molar-refractivity contribution in [1.29, 1.82) is 0 Å². The Labute approximate surface area is 207 Å². The molecule has 0 radical (unpaired) electrons. The van der Waals surface area contributed by atoms with Gasteiger partial charge in [-0.2, -0.15) is 9.49 Å². The van der Waals surface area contributed by atoms with Gasteiger partial charge < -0.3 is 10.3 Å². The zero-order chi connectivity index (χ0) is 24.2. The van der Waals surface area contributed by atoms with Gasteiger partial charge in [-0.15, -0.1) is 11.3 Å². The van der Waals surface area contributed by atoms with Crippen molar-refractivity contribution in [2.45, 2.75) is 12.8 Å². The fraction of sp³-hybridized carbons (Fsp3) is 0.115. The van der Waals surface area contributed by atoms with E-state index in [0.717, 1.165) is 67.9 Å². The van der Waals surface area contributed by atoms with Crippen LogP contribution in [0.5, 0.6) is 0 Å². The lowest BCUT2D eigenvalue weighted by Crippen LogP contribution is -2.13. The molecular weight excluding hydrogens is 477 g/mol. The van der Waals surface area contributed by atoms with Gasteiger partial charge in [-0.05, 0) is 49.2 Å². The molecule has 1 amide bonds. The number of aromatic nitrogens is 6. The van der Waals surface area contributed by atoms with Crippen molar-refractivity contribution in [2.24, 2.45) is 5.92 Å². The number of halogens is 1. The van der Waals surface area contributed by atoms with Crippen LogP contribution < -0.4 is 5.32 Å². The fourth-order valence-electron chi connectivity index (χ4n) is 4.35. The van der Waals surface area contributed by atoms with Crippen LogP contribution in [0.4, 0.5) is 10.1 Å². The quantitative estimate of drug-likeness (QED) is 0.281. The Bertz CT molecular complexity index is 1780. The highest BCUT2D eigenvalue weighted by molar-refractivity contribution is 7.14. The molecule has 36 heavy (non-hydrogen) atoms. The van der Waals surface area contributed by atoms with Crippen molar-refractivity contribution in [3.63, 3.8) is 0 Å². The van der Waals surface area contributed by atoms with Crippen molar-refractivity contribution in [2.75, 3.05) is 5.32 Å². The molecule has 3 N–H and O–H groups in total. The number of hydrogen-bond donors (Lipinski definition) is 3. The van der Waals surface area contributed by atoms with E-state index in [0.29, 0.717) is 17.0 Å². The molecule has 176 valence electrons. The lowest BCUT2D eigenvalue weighted by molar-refractivity contribution is -0.117. The molecule has 1 saturated carbocycles. The summed E-state index contributed by atoms with van der Waals surface area (Å²) in [6, 6.07) is 10.9. The molecule has 10 heteroatoms. The van der Waals surface area contributed by atoms with E-state index in [1.54, 1.807) is 30.9 Å². The molecule has 0 bridgehead atoms. The Hall–Kier alpha value is -4.44. The number of anilines is 1. The number of amides is 1. The monoisotopic (exact) mass is 495 g/mol. The highest BCUT2D eigenvalue weighted by Crippen LogP contribution is 2.36. The van der Waals surface area contributed by atoms with Crippen LogP contribution in [0, 0.1) is 11.0 Å². The summed E-state index contributed by atoms with van der Waals surface area (Å²) in [5.74, 6) is 0.147. The lowest BCUT2D eigenvalue weighted by Gasteiger charge is -2.06. The molecule has 0 saturated heterocycles. The minimum Gasteiger partial charge on any atom is -0.338 e. The lowest BCUT2D eigenvalue weighted by atomic mass is 10.1. The first-order valence-corrected chi connectivity index (χ1v) is 12.3. The van der Waals surface area contributed by atoms with Gasteiger partial charge in [-0.3, -0.25) is 19.9 Å². The SMILES string of the molecule is O=C(Nc1cncc(-c2cc3c(-c4cc5c(-c6ccc(F)s6)ccnc5[nH]4)n[nH]c3cn2)c1)C1CC1. The van der Waals surface area contributed by atoms with Crippen LogP contribution in [0.2, 0.25) is 0 Å². The molecule has 0 aliphatic heterocycles. The number of pyridine rings is 3. The van der Waals surface area contributed by atoms with E-state index in [1.165, 1.54) is 6.07 Å². The number of nitrogens with zero attached hydrogens (tertiary/aromatic N) is 4. The number of carbonyl (C=O) groups is 1. The second kappa shape index (κ2) is 8.06. The number of carbonyl (C=O) groups excluding carboxylic acids is 1. The van der Waals surface area contributed by atoms with Gasteiger partial charge in [-0.25, -0.2) is 4.98 Å². The molecule has 0 spiro atoms. The number of H-pyrrole nitrogens is 2. The highest BCUT2D eigenvalue weighted by Gasteiger charge is 2.29. The van der Waals surface area contributed by atoms with E-state index >= 15 is 0 Å². The minimum absolute atomic E-state index is 0.0339. The summed E-state index contributed by atoms with van der Waals surface area (Å²) >= 11 is 1.10. The molecular formula is C26H18FN7OS. The van der Waals surface area contributed by atoms with Crippen molar-refractivity contribution in [1.82, 2.24) is 30.1 Å². The van der Waals surface area contributed by atoms with Crippen LogP contribution in [0.3, 0.4) is 0 Å². The van der Waals surface area contributed by atoms with Crippen molar-refractivity contribution < 1.29 is 9.18 Å². The largest absolute Gasteiger partial charge is 0.338 e. The van der Waals surface area contributed by atoms with E-state index in [2.05, 4.69) is 35.5 Å². The molecule has 0 unspecified atom stereocenters. The van der Waals surface area contributed by atoms with Gasteiger partial charge in [0.05, 0.1) is 35.0 Å². The molecule has 1 aliphatic rings. The molecule has 7 rings (SSSR count). The van der Waals surface area contributed by atoms with E-state index in [4.69, 9.17) is 0 Å². The summed E-state index contributed by atoms with van der Waals surface area (Å²) in [4.78, 5) is 29.7. The molecule has 0 aromatic carbocycles. The first kappa shape index (κ1) is 20.9. The average molecular weight is 496 g/mol. The van der Waals surface area contributed by atoms with Crippen LogP contribution in [0.1, 0.15) is 12.8 Å². The van der Waals surface area contributed by atoms with Gasteiger partial charge in [0.1, 0.15) is 11.3 Å². The van der Waals surface area contributed by atoms with E-state index < -0.39 is 0 Å². The predicted octanol–water partition coefficient (Wildman–Crippen LogP) is 5.78.